The maximum atomic E-state index is 8.89. The normalized spacial score (nSPS) is 22.6. The number of hydrogen-bond donors (Lipinski definition) is 2. The van der Waals surface area contributed by atoms with Crippen LogP contribution in [0.2, 0.25) is 0 Å². The van der Waals surface area contributed by atoms with Gasteiger partial charge in [-0.3, -0.25) is 0 Å². The van der Waals surface area contributed by atoms with E-state index in [0.717, 1.165) is 6.42 Å². The Morgan fingerprint density at radius 3 is 2.18 bits per heavy atom. The van der Waals surface area contributed by atoms with E-state index in [-0.39, 0.29) is 11.5 Å². The first-order valence-corrected chi connectivity index (χ1v) is 4.00. The van der Waals surface area contributed by atoms with Crippen LogP contribution in [-0.4, -0.2) is 10.2 Å². The summed E-state index contributed by atoms with van der Waals surface area (Å²) in [6.07, 6.45) is 4.09. The molecule has 0 bridgehead atoms. The average molecular weight is 156 g/mol. The van der Waals surface area contributed by atoms with Gasteiger partial charge in [-0.25, -0.2) is 0 Å². The molecule has 11 heavy (non-hydrogen) atoms. The van der Waals surface area contributed by atoms with Crippen molar-refractivity contribution < 1.29 is 10.2 Å². The molecule has 1 aliphatic carbocycles. The first-order valence-electron chi connectivity index (χ1n) is 4.00. The largest absolute Gasteiger partial charge is 0.504 e. The second-order valence-corrected chi connectivity index (χ2v) is 2.35. The van der Waals surface area contributed by atoms with E-state index in [1.807, 2.05) is 20.8 Å². The molecule has 1 aliphatic rings. The van der Waals surface area contributed by atoms with Gasteiger partial charge in [0.15, 0.2) is 11.5 Å². The lowest BCUT2D eigenvalue weighted by Crippen LogP contribution is -1.99. The third-order valence-corrected chi connectivity index (χ3v) is 1.39. The first kappa shape index (κ1) is 10.1. The van der Waals surface area contributed by atoms with Crippen LogP contribution >= 0.6 is 0 Å². The number of aliphatic hydroxyl groups is 2. The summed E-state index contributed by atoms with van der Waals surface area (Å²) in [6, 6.07) is 0. The highest BCUT2D eigenvalue weighted by molar-refractivity contribution is 5.22. The number of allylic oxidation sites excluding steroid dienone is 2. The second-order valence-electron chi connectivity index (χ2n) is 2.35. The molecule has 1 atom stereocenters. The van der Waals surface area contributed by atoms with E-state index in [2.05, 4.69) is 0 Å². The lowest BCUT2D eigenvalue weighted by Gasteiger charge is -2.09. The van der Waals surface area contributed by atoms with Crippen molar-refractivity contribution in [1.82, 2.24) is 0 Å². The van der Waals surface area contributed by atoms with Gasteiger partial charge in [-0.1, -0.05) is 20.8 Å². The summed E-state index contributed by atoms with van der Waals surface area (Å²) in [5.74, 6) is 0.364. The molecule has 0 amide bonds. The molecule has 2 nitrogen and oxygen atoms in total. The smallest absolute Gasteiger partial charge is 0.153 e. The number of hydrogen-bond acceptors (Lipinski definition) is 2. The zero-order chi connectivity index (χ0) is 8.85. The van der Waals surface area contributed by atoms with Gasteiger partial charge in [-0.2, -0.15) is 0 Å². The fourth-order valence-electron chi connectivity index (χ4n) is 0.825. The van der Waals surface area contributed by atoms with E-state index in [1.54, 1.807) is 12.2 Å². The average Bonchev–Trinajstić information content (AvgIpc) is 2.02. The summed E-state index contributed by atoms with van der Waals surface area (Å²) in [7, 11) is 0. The standard InChI is InChI=1S/C7H10O2.C2H6/c1-5-2-3-6(8)7(9)4-5;1-2/h3-5,8-9H,2H2,1H3;1-2H3. The van der Waals surface area contributed by atoms with Crippen LogP contribution < -0.4 is 0 Å². The molecule has 0 aromatic rings. The van der Waals surface area contributed by atoms with Crippen LogP contribution in [0, 0.1) is 5.92 Å². The van der Waals surface area contributed by atoms with E-state index >= 15 is 0 Å². The molecule has 0 aromatic heterocycles. The van der Waals surface area contributed by atoms with Crippen LogP contribution in [0.3, 0.4) is 0 Å². The zero-order valence-corrected chi connectivity index (χ0v) is 7.33. The van der Waals surface area contributed by atoms with Crippen molar-refractivity contribution in [3.05, 3.63) is 23.7 Å². The Morgan fingerprint density at radius 1 is 1.27 bits per heavy atom. The summed E-state index contributed by atoms with van der Waals surface area (Å²) < 4.78 is 0. The molecule has 0 heterocycles. The van der Waals surface area contributed by atoms with Crippen molar-refractivity contribution in [3.8, 4) is 0 Å². The molecule has 0 fully saturated rings. The second kappa shape index (κ2) is 4.83. The molecular weight excluding hydrogens is 140 g/mol. The third kappa shape index (κ3) is 3.12. The first-order chi connectivity index (χ1) is 5.20. The lowest BCUT2D eigenvalue weighted by atomic mass is 10.0. The van der Waals surface area contributed by atoms with Crippen molar-refractivity contribution in [2.75, 3.05) is 0 Å². The molecule has 2 N–H and O–H groups in total. The summed E-state index contributed by atoms with van der Waals surface area (Å²) in [5.41, 5.74) is 0. The summed E-state index contributed by atoms with van der Waals surface area (Å²) in [4.78, 5) is 0. The monoisotopic (exact) mass is 156 g/mol. The maximum absolute atomic E-state index is 8.89. The Hall–Kier alpha value is -0.920. The van der Waals surface area contributed by atoms with Gasteiger partial charge in [0.25, 0.3) is 0 Å². The van der Waals surface area contributed by atoms with E-state index in [4.69, 9.17) is 10.2 Å². The van der Waals surface area contributed by atoms with Gasteiger partial charge < -0.3 is 10.2 Å². The molecule has 0 saturated heterocycles. The van der Waals surface area contributed by atoms with Crippen molar-refractivity contribution in [2.45, 2.75) is 27.2 Å². The molecular formula is C9H16O2. The SMILES string of the molecule is CC.CC1C=C(O)C(O)=CC1. The Kier molecular flexibility index (Phi) is 4.42. The molecule has 0 spiro atoms. The van der Waals surface area contributed by atoms with Crippen LogP contribution in [-0.2, 0) is 0 Å². The van der Waals surface area contributed by atoms with Crippen molar-refractivity contribution in [2.24, 2.45) is 5.92 Å². The Bertz CT molecular complexity index is 168. The van der Waals surface area contributed by atoms with Gasteiger partial charge in [-0.05, 0) is 24.5 Å². The summed E-state index contributed by atoms with van der Waals surface area (Å²) >= 11 is 0. The molecule has 2 heteroatoms. The highest BCUT2D eigenvalue weighted by atomic mass is 16.3. The third-order valence-electron chi connectivity index (χ3n) is 1.39. The molecule has 1 rings (SSSR count). The summed E-state index contributed by atoms with van der Waals surface area (Å²) in [5, 5.41) is 17.7. The fraction of sp³-hybridized carbons (Fsp3) is 0.556. The van der Waals surface area contributed by atoms with Gasteiger partial charge >= 0.3 is 0 Å². The van der Waals surface area contributed by atoms with Gasteiger partial charge in [0.2, 0.25) is 0 Å². The van der Waals surface area contributed by atoms with Crippen LogP contribution in [0.5, 0.6) is 0 Å². The van der Waals surface area contributed by atoms with Crippen molar-refractivity contribution in [3.63, 3.8) is 0 Å². The highest BCUT2D eigenvalue weighted by Crippen LogP contribution is 2.18. The van der Waals surface area contributed by atoms with E-state index in [1.165, 1.54) is 0 Å². The van der Waals surface area contributed by atoms with Crippen LogP contribution in [0.15, 0.2) is 23.7 Å². The lowest BCUT2D eigenvalue weighted by molar-refractivity contribution is 0.314. The quantitative estimate of drug-likeness (QED) is 0.566. The minimum absolute atomic E-state index is 0.00750. The molecule has 64 valence electrons. The fourth-order valence-corrected chi connectivity index (χ4v) is 0.825. The van der Waals surface area contributed by atoms with Crippen molar-refractivity contribution >= 4 is 0 Å². The van der Waals surface area contributed by atoms with Gasteiger partial charge in [0.05, 0.1) is 0 Å². The minimum atomic E-state index is 0.00750. The zero-order valence-electron chi connectivity index (χ0n) is 7.33. The Labute approximate surface area is 67.9 Å². The Morgan fingerprint density at radius 2 is 1.82 bits per heavy atom. The molecule has 0 aromatic carbocycles. The minimum Gasteiger partial charge on any atom is -0.504 e. The van der Waals surface area contributed by atoms with Crippen molar-refractivity contribution in [1.29, 1.82) is 0 Å². The predicted octanol–water partition coefficient (Wildman–Crippen LogP) is 2.94. The van der Waals surface area contributed by atoms with Gasteiger partial charge in [0, 0.05) is 0 Å². The van der Waals surface area contributed by atoms with Gasteiger partial charge in [0.1, 0.15) is 0 Å². The Balaban J connectivity index is 0.000000461. The van der Waals surface area contributed by atoms with Crippen LogP contribution in [0.25, 0.3) is 0 Å². The molecule has 0 saturated carbocycles. The van der Waals surface area contributed by atoms with E-state index < -0.39 is 0 Å². The predicted molar refractivity (Wildman–Crippen MR) is 46.6 cm³/mol. The topological polar surface area (TPSA) is 40.5 Å². The van der Waals surface area contributed by atoms with Gasteiger partial charge in [-0.15, -0.1) is 0 Å². The van der Waals surface area contributed by atoms with Crippen LogP contribution in [0.4, 0.5) is 0 Å². The van der Waals surface area contributed by atoms with Crippen LogP contribution in [0.1, 0.15) is 27.2 Å². The molecule has 0 radical (unpaired) electrons. The maximum Gasteiger partial charge on any atom is 0.153 e. The van der Waals surface area contributed by atoms with E-state index in [9.17, 15) is 0 Å². The molecule has 1 unspecified atom stereocenters. The number of rotatable bonds is 0. The highest BCUT2D eigenvalue weighted by Gasteiger charge is 2.08. The van der Waals surface area contributed by atoms with E-state index in [0.29, 0.717) is 5.92 Å². The summed E-state index contributed by atoms with van der Waals surface area (Å²) in [6.45, 7) is 5.99. The molecule has 0 aliphatic heterocycles. The number of aliphatic hydroxyl groups excluding tert-OH is 2.